The molecule has 7 rings (SSSR count). The van der Waals surface area contributed by atoms with Crippen molar-refractivity contribution in [1.29, 1.82) is 0 Å². The van der Waals surface area contributed by atoms with Crippen LogP contribution < -0.4 is 15.4 Å². The third kappa shape index (κ3) is 5.52. The Morgan fingerprint density at radius 1 is 1.22 bits per heavy atom. The van der Waals surface area contributed by atoms with Crippen LogP contribution in [0.25, 0.3) is 32.2 Å². The van der Waals surface area contributed by atoms with E-state index in [9.17, 15) is 26.7 Å². The molecule has 2 aromatic heterocycles. The minimum absolute atomic E-state index is 0.00464. The predicted octanol–water partition coefficient (Wildman–Crippen LogP) is 6.35. The van der Waals surface area contributed by atoms with Crippen LogP contribution in [0.15, 0.2) is 30.9 Å². The topological polar surface area (TPSA) is 101 Å². The zero-order valence-electron chi connectivity index (χ0n) is 26.7. The van der Waals surface area contributed by atoms with Gasteiger partial charge in [-0.2, -0.15) is 23.1 Å². The Balaban J connectivity index is 1.42. The summed E-state index contributed by atoms with van der Waals surface area (Å²) in [6.45, 7) is 6.67. The molecule has 0 bridgehead atoms. The molecular weight excluding hydrogens is 672 g/mol. The second-order valence-corrected chi connectivity index (χ2v) is 14.0. The van der Waals surface area contributed by atoms with Gasteiger partial charge in [0.15, 0.2) is 10.9 Å². The van der Waals surface area contributed by atoms with Crippen LogP contribution in [0.2, 0.25) is 0 Å². The van der Waals surface area contributed by atoms with Crippen molar-refractivity contribution in [2.24, 2.45) is 0 Å². The number of aromatic nitrogens is 3. The summed E-state index contributed by atoms with van der Waals surface area (Å²) in [6.07, 6.45) is -2.72. The Morgan fingerprint density at radius 2 is 2.00 bits per heavy atom. The van der Waals surface area contributed by atoms with E-state index in [1.807, 2.05) is 4.90 Å². The summed E-state index contributed by atoms with van der Waals surface area (Å²) in [5, 5.41) is -0.346. The molecule has 3 aliphatic heterocycles. The number of fused-ring (bicyclic) bond motifs is 3. The van der Waals surface area contributed by atoms with Gasteiger partial charge in [0.1, 0.15) is 29.9 Å². The molecule has 0 spiro atoms. The first kappa shape index (κ1) is 33.3. The first-order valence-corrected chi connectivity index (χ1v) is 16.7. The zero-order valence-corrected chi connectivity index (χ0v) is 27.5. The molecule has 1 amide bonds. The van der Waals surface area contributed by atoms with E-state index in [2.05, 4.69) is 21.5 Å². The maximum atomic E-state index is 16.9. The van der Waals surface area contributed by atoms with Crippen molar-refractivity contribution >= 4 is 49.3 Å². The third-order valence-electron chi connectivity index (χ3n) is 10.2. The summed E-state index contributed by atoms with van der Waals surface area (Å²) in [7, 11) is 1.61. The van der Waals surface area contributed by atoms with Crippen LogP contribution in [0.4, 0.5) is 37.3 Å². The van der Waals surface area contributed by atoms with Crippen molar-refractivity contribution in [2.45, 2.75) is 62.6 Å². The van der Waals surface area contributed by atoms with Crippen LogP contribution in [0, 0.1) is 11.6 Å². The van der Waals surface area contributed by atoms with Crippen molar-refractivity contribution in [3.63, 3.8) is 0 Å². The summed E-state index contributed by atoms with van der Waals surface area (Å²) < 4.78 is 96.7. The maximum absolute atomic E-state index is 16.9. The number of anilines is 2. The van der Waals surface area contributed by atoms with E-state index in [1.165, 1.54) is 6.08 Å². The minimum atomic E-state index is -5.07. The molecule has 3 saturated heterocycles. The number of carbonyl (C=O) groups excluding carboxylic acids is 1. The first-order valence-electron chi connectivity index (χ1n) is 15.9. The summed E-state index contributed by atoms with van der Waals surface area (Å²) >= 11 is 0.734. The van der Waals surface area contributed by atoms with Gasteiger partial charge < -0.3 is 20.3 Å². The molecule has 3 fully saturated rings. The molecule has 0 unspecified atom stereocenters. The first-order chi connectivity index (χ1) is 23.2. The molecule has 5 heterocycles. The molecule has 0 radical (unpaired) electrons. The summed E-state index contributed by atoms with van der Waals surface area (Å²) in [6, 6.07) is 1.64. The summed E-state index contributed by atoms with van der Waals surface area (Å²) in [5.74, 6) is -2.44. The zero-order chi connectivity index (χ0) is 35.0. The van der Waals surface area contributed by atoms with E-state index in [1.54, 1.807) is 23.8 Å². The van der Waals surface area contributed by atoms with Crippen LogP contribution in [-0.2, 0) is 11.0 Å². The number of alkyl halides is 4. The highest BCUT2D eigenvalue weighted by Crippen LogP contribution is 2.47. The Kier molecular flexibility index (Phi) is 8.16. The van der Waals surface area contributed by atoms with Crippen LogP contribution >= 0.6 is 11.3 Å². The molecule has 0 aliphatic carbocycles. The normalized spacial score (nSPS) is 24.2. The fourth-order valence-electron chi connectivity index (χ4n) is 7.88. The number of nitrogen functional groups attached to an aromatic ring is 1. The van der Waals surface area contributed by atoms with Gasteiger partial charge in [0.2, 0.25) is 5.91 Å². The van der Waals surface area contributed by atoms with Gasteiger partial charge in [-0.1, -0.05) is 17.9 Å². The molecule has 4 atom stereocenters. The lowest BCUT2D eigenvalue weighted by Gasteiger charge is -2.33. The number of nitrogens with zero attached hydrogens (tertiary/aromatic N) is 6. The lowest BCUT2D eigenvalue weighted by Crippen LogP contribution is -2.44. The fraction of sp³-hybridized carbons (Fsp3) is 0.455. The van der Waals surface area contributed by atoms with Crippen LogP contribution in [-0.4, -0.2) is 87.7 Å². The van der Waals surface area contributed by atoms with Gasteiger partial charge in [-0.25, -0.2) is 18.2 Å². The van der Waals surface area contributed by atoms with Gasteiger partial charge in [0, 0.05) is 49.1 Å². The number of likely N-dealkylation sites (N-methyl/N-ethyl adjacent to an activating group) is 1. The highest BCUT2D eigenvalue weighted by atomic mass is 32.1. The molecule has 16 heteroatoms. The average Bonchev–Trinajstić information content (AvgIpc) is 3.81. The smallest absolute Gasteiger partial charge is 0.417 e. The lowest BCUT2D eigenvalue weighted by molar-refractivity contribution is -0.137. The molecule has 2 N–H and O–H groups in total. The number of amides is 1. The Morgan fingerprint density at radius 3 is 2.73 bits per heavy atom. The molecule has 260 valence electrons. The van der Waals surface area contributed by atoms with E-state index in [4.69, 9.17) is 10.5 Å². The van der Waals surface area contributed by atoms with E-state index in [-0.39, 0.29) is 63.6 Å². The van der Waals surface area contributed by atoms with E-state index in [0.717, 1.165) is 36.0 Å². The van der Waals surface area contributed by atoms with Gasteiger partial charge in [0.25, 0.3) is 0 Å². The fourth-order valence-corrected chi connectivity index (χ4v) is 8.64. The number of thiazole rings is 1. The van der Waals surface area contributed by atoms with Crippen LogP contribution in [0.3, 0.4) is 0 Å². The molecule has 2 aromatic carbocycles. The molecular formula is C33H33F6N7O2S. The molecule has 3 aliphatic rings. The quantitative estimate of drug-likeness (QED) is 0.176. The number of likely N-dealkylation sites (tertiary alicyclic amines) is 1. The monoisotopic (exact) mass is 705 g/mol. The summed E-state index contributed by atoms with van der Waals surface area (Å²) in [4.78, 5) is 30.6. The van der Waals surface area contributed by atoms with E-state index in [0.29, 0.717) is 25.9 Å². The second-order valence-electron chi connectivity index (χ2n) is 13.0. The Hall–Kier alpha value is -4.18. The molecule has 0 saturated carbocycles. The number of carbonyl (C=O) groups is 1. The van der Waals surface area contributed by atoms with Gasteiger partial charge in [-0.05, 0) is 57.0 Å². The average molecular weight is 706 g/mol. The van der Waals surface area contributed by atoms with Crippen molar-refractivity contribution in [3.8, 4) is 17.1 Å². The van der Waals surface area contributed by atoms with Crippen LogP contribution in [0.5, 0.6) is 6.01 Å². The summed E-state index contributed by atoms with van der Waals surface area (Å²) in [5.41, 5.74) is 1.98. The van der Waals surface area contributed by atoms with Crippen molar-refractivity contribution in [3.05, 3.63) is 48.1 Å². The Bertz CT molecular complexity index is 1990. The standard InChI is InChI=1S/C33H33F6N7O2S/c1-4-23(47)46-11-8-22(16(46)2)44(3)29-19-12-20(33(37,38)39)24(18-6-7-21(35)28-27(18)41-30(40)49-28)25(36)26(19)42-31(43-29)48-15-32-9-5-10-45(32)14-17(34)13-32/h4,6-7,12,16-17,22H,1,5,8-11,13-15H2,2-3H3,(H2,40,41)/t16-,17-,22-,32+/m1/s1. The molecule has 9 nitrogen and oxygen atoms in total. The number of benzene rings is 2. The molecule has 4 aromatic rings. The third-order valence-corrected chi connectivity index (χ3v) is 11.1. The maximum Gasteiger partial charge on any atom is 0.417 e. The van der Waals surface area contributed by atoms with Crippen LogP contribution in [0.1, 0.15) is 38.2 Å². The number of hydrogen-bond acceptors (Lipinski definition) is 9. The lowest BCUT2D eigenvalue weighted by atomic mass is 9.94. The van der Waals surface area contributed by atoms with Crippen molar-refractivity contribution in [1.82, 2.24) is 24.8 Å². The number of rotatable bonds is 7. The largest absolute Gasteiger partial charge is 0.461 e. The van der Waals surface area contributed by atoms with Gasteiger partial charge >= 0.3 is 12.2 Å². The van der Waals surface area contributed by atoms with Crippen molar-refractivity contribution in [2.75, 3.05) is 43.9 Å². The van der Waals surface area contributed by atoms with Gasteiger partial charge in [-0.15, -0.1) is 0 Å². The highest BCUT2D eigenvalue weighted by Gasteiger charge is 2.49. The predicted molar refractivity (Wildman–Crippen MR) is 174 cm³/mol. The number of nitrogens with two attached hydrogens (primary N) is 1. The number of halogens is 6. The van der Waals surface area contributed by atoms with E-state index >= 15 is 4.39 Å². The SMILES string of the molecule is C=CC(=O)N1CC[C@@H](N(C)c2nc(OC[C@@]34CCCN3C[C@H](F)C4)nc3c(F)c(-c4ccc(F)c5sc(N)nc45)c(C(F)(F)F)cc23)[C@H]1C. The van der Waals surface area contributed by atoms with E-state index < -0.39 is 58.2 Å². The van der Waals surface area contributed by atoms with Crippen molar-refractivity contribution < 1.29 is 35.9 Å². The second kappa shape index (κ2) is 12.0. The van der Waals surface area contributed by atoms with Gasteiger partial charge in [0.05, 0.1) is 27.4 Å². The number of ether oxygens (including phenoxy) is 1. The molecule has 49 heavy (non-hydrogen) atoms. The highest BCUT2D eigenvalue weighted by molar-refractivity contribution is 7.22. The minimum Gasteiger partial charge on any atom is -0.461 e. The van der Waals surface area contributed by atoms with Gasteiger partial charge in [-0.3, -0.25) is 9.69 Å². The number of hydrogen-bond donors (Lipinski definition) is 1. The Labute approximate surface area is 281 Å².